The number of nitrogens with zero attached hydrogens (tertiary/aromatic N) is 3. The molecule has 27 heavy (non-hydrogen) atoms. The highest BCUT2D eigenvalue weighted by molar-refractivity contribution is 5.74. The molecule has 152 valence electrons. The Labute approximate surface area is 163 Å². The molecule has 1 atom stereocenters. The standard InChI is InChI=1S/C21H36N4O2/c1-15(2)22-21(26)25-11-7-5-6-8-20(25)18-9-12-24(13-10-18)14-19-16(3)23-27-17(19)4/h15,18,20H,5-14H2,1-4H3,(H,22,26)/t20-/m1/s1. The highest BCUT2D eigenvalue weighted by atomic mass is 16.5. The van der Waals surface area contributed by atoms with Crippen LogP contribution in [0.2, 0.25) is 0 Å². The number of hydrogen-bond acceptors (Lipinski definition) is 4. The van der Waals surface area contributed by atoms with Gasteiger partial charge in [0.1, 0.15) is 5.76 Å². The first-order valence-corrected chi connectivity index (χ1v) is 10.7. The first-order chi connectivity index (χ1) is 13.0. The number of hydrogen-bond donors (Lipinski definition) is 1. The van der Waals surface area contributed by atoms with Crippen molar-refractivity contribution >= 4 is 6.03 Å². The molecule has 0 aromatic carbocycles. The third-order valence-electron chi connectivity index (χ3n) is 6.21. The molecule has 0 unspecified atom stereocenters. The molecule has 2 aliphatic heterocycles. The lowest BCUT2D eigenvalue weighted by molar-refractivity contribution is 0.0972. The summed E-state index contributed by atoms with van der Waals surface area (Å²) in [5, 5.41) is 7.20. The maximum atomic E-state index is 12.8. The van der Waals surface area contributed by atoms with Gasteiger partial charge in [0.2, 0.25) is 0 Å². The quantitative estimate of drug-likeness (QED) is 0.867. The first kappa shape index (κ1) is 20.2. The molecule has 2 saturated heterocycles. The maximum Gasteiger partial charge on any atom is 0.317 e. The fourth-order valence-corrected chi connectivity index (χ4v) is 4.65. The summed E-state index contributed by atoms with van der Waals surface area (Å²) in [5.41, 5.74) is 2.25. The fourth-order valence-electron chi connectivity index (χ4n) is 4.65. The number of carbonyl (C=O) groups excluding carboxylic acids is 1. The van der Waals surface area contributed by atoms with Crippen molar-refractivity contribution in [3.63, 3.8) is 0 Å². The second kappa shape index (κ2) is 9.09. The smallest absolute Gasteiger partial charge is 0.317 e. The minimum absolute atomic E-state index is 0.134. The molecular formula is C21H36N4O2. The average Bonchev–Trinajstić information content (AvgIpc) is 2.84. The summed E-state index contributed by atoms with van der Waals surface area (Å²) < 4.78 is 5.31. The summed E-state index contributed by atoms with van der Waals surface area (Å²) in [5.74, 6) is 1.55. The molecule has 0 spiro atoms. The third kappa shape index (κ3) is 5.03. The van der Waals surface area contributed by atoms with Crippen LogP contribution >= 0.6 is 0 Å². The van der Waals surface area contributed by atoms with Gasteiger partial charge in [0.15, 0.2) is 0 Å². The molecule has 2 aliphatic rings. The molecule has 6 heteroatoms. The van der Waals surface area contributed by atoms with Crippen molar-refractivity contribution in [2.75, 3.05) is 19.6 Å². The Kier molecular flexibility index (Phi) is 6.79. The third-order valence-corrected chi connectivity index (χ3v) is 6.21. The van der Waals surface area contributed by atoms with E-state index in [1.54, 1.807) is 0 Å². The molecule has 1 N–H and O–H groups in total. The van der Waals surface area contributed by atoms with Gasteiger partial charge in [-0.3, -0.25) is 4.90 Å². The monoisotopic (exact) mass is 376 g/mol. The SMILES string of the molecule is Cc1noc(C)c1CN1CCC([C@H]2CCCCCN2C(=O)NC(C)C)CC1. The van der Waals surface area contributed by atoms with Crippen LogP contribution in [0.15, 0.2) is 4.52 Å². The van der Waals surface area contributed by atoms with Crippen LogP contribution in [0.25, 0.3) is 0 Å². The van der Waals surface area contributed by atoms with Crippen LogP contribution in [-0.2, 0) is 6.54 Å². The lowest BCUT2D eigenvalue weighted by Crippen LogP contribution is -2.52. The molecule has 3 heterocycles. The van der Waals surface area contributed by atoms with Crippen molar-refractivity contribution in [2.45, 2.75) is 84.8 Å². The normalized spacial score (nSPS) is 22.9. The van der Waals surface area contributed by atoms with E-state index in [1.807, 2.05) is 27.7 Å². The minimum atomic E-state index is 0.134. The Morgan fingerprint density at radius 1 is 1.15 bits per heavy atom. The van der Waals surface area contributed by atoms with Gasteiger partial charge >= 0.3 is 6.03 Å². The summed E-state index contributed by atoms with van der Waals surface area (Å²) in [6.07, 6.45) is 7.11. The van der Waals surface area contributed by atoms with Crippen LogP contribution in [-0.4, -0.2) is 52.7 Å². The second-order valence-corrected chi connectivity index (χ2v) is 8.63. The van der Waals surface area contributed by atoms with E-state index in [1.165, 1.54) is 31.2 Å². The summed E-state index contributed by atoms with van der Waals surface area (Å²) in [7, 11) is 0. The molecule has 2 fully saturated rings. The summed E-state index contributed by atoms with van der Waals surface area (Å²) >= 11 is 0. The molecule has 2 amide bonds. The van der Waals surface area contributed by atoms with Crippen LogP contribution in [0.4, 0.5) is 4.79 Å². The van der Waals surface area contributed by atoms with Gasteiger partial charge in [-0.1, -0.05) is 18.0 Å². The van der Waals surface area contributed by atoms with Crippen molar-refractivity contribution in [3.8, 4) is 0 Å². The van der Waals surface area contributed by atoms with Gasteiger partial charge in [0.25, 0.3) is 0 Å². The van der Waals surface area contributed by atoms with E-state index in [2.05, 4.69) is 20.3 Å². The Balaban J connectivity index is 1.59. The number of aromatic nitrogens is 1. The van der Waals surface area contributed by atoms with E-state index in [0.717, 1.165) is 50.5 Å². The molecule has 0 aliphatic carbocycles. The van der Waals surface area contributed by atoms with Crippen molar-refractivity contribution in [1.82, 2.24) is 20.3 Å². The molecule has 6 nitrogen and oxygen atoms in total. The number of likely N-dealkylation sites (tertiary alicyclic amines) is 2. The second-order valence-electron chi connectivity index (χ2n) is 8.63. The zero-order valence-electron chi connectivity index (χ0n) is 17.5. The Morgan fingerprint density at radius 3 is 2.52 bits per heavy atom. The Bertz CT molecular complexity index is 600. The van der Waals surface area contributed by atoms with Crippen molar-refractivity contribution in [3.05, 3.63) is 17.0 Å². The van der Waals surface area contributed by atoms with E-state index >= 15 is 0 Å². The lowest BCUT2D eigenvalue weighted by Gasteiger charge is -2.41. The molecule has 0 bridgehead atoms. The summed E-state index contributed by atoms with van der Waals surface area (Å²) in [6.45, 7) is 12.1. The summed E-state index contributed by atoms with van der Waals surface area (Å²) in [4.78, 5) is 17.4. The number of rotatable bonds is 4. The fraction of sp³-hybridized carbons (Fsp3) is 0.810. The van der Waals surface area contributed by atoms with Crippen LogP contribution in [0, 0.1) is 19.8 Å². The molecule has 1 aromatic rings. The Hall–Kier alpha value is -1.56. The predicted molar refractivity (Wildman–Crippen MR) is 107 cm³/mol. The predicted octanol–water partition coefficient (Wildman–Crippen LogP) is 3.87. The van der Waals surface area contributed by atoms with Gasteiger partial charge in [-0.2, -0.15) is 0 Å². The van der Waals surface area contributed by atoms with E-state index in [-0.39, 0.29) is 12.1 Å². The van der Waals surface area contributed by atoms with E-state index in [0.29, 0.717) is 12.0 Å². The lowest BCUT2D eigenvalue weighted by atomic mass is 9.86. The number of amides is 2. The highest BCUT2D eigenvalue weighted by Crippen LogP contribution is 2.31. The van der Waals surface area contributed by atoms with E-state index in [9.17, 15) is 4.79 Å². The first-order valence-electron chi connectivity index (χ1n) is 10.7. The zero-order valence-corrected chi connectivity index (χ0v) is 17.5. The molecule has 0 saturated carbocycles. The average molecular weight is 377 g/mol. The molecule has 0 radical (unpaired) electrons. The van der Waals surface area contributed by atoms with E-state index in [4.69, 9.17) is 4.52 Å². The summed E-state index contributed by atoms with van der Waals surface area (Å²) in [6, 6.07) is 0.723. The highest BCUT2D eigenvalue weighted by Gasteiger charge is 2.34. The molecule has 3 rings (SSSR count). The van der Waals surface area contributed by atoms with Gasteiger partial charge in [0, 0.05) is 30.7 Å². The largest absolute Gasteiger partial charge is 0.361 e. The number of nitrogens with one attached hydrogen (secondary N) is 1. The van der Waals surface area contributed by atoms with Crippen molar-refractivity contribution in [2.24, 2.45) is 5.92 Å². The minimum Gasteiger partial charge on any atom is -0.361 e. The van der Waals surface area contributed by atoms with Crippen molar-refractivity contribution < 1.29 is 9.32 Å². The van der Waals surface area contributed by atoms with Crippen molar-refractivity contribution in [1.29, 1.82) is 0 Å². The van der Waals surface area contributed by atoms with Gasteiger partial charge < -0.3 is 14.7 Å². The number of piperidine rings is 1. The van der Waals surface area contributed by atoms with Gasteiger partial charge in [-0.05, 0) is 72.4 Å². The van der Waals surface area contributed by atoms with Gasteiger partial charge in [-0.15, -0.1) is 0 Å². The number of urea groups is 1. The maximum absolute atomic E-state index is 12.8. The van der Waals surface area contributed by atoms with E-state index < -0.39 is 0 Å². The molecule has 1 aromatic heterocycles. The Morgan fingerprint density at radius 2 is 1.89 bits per heavy atom. The van der Waals surface area contributed by atoms with Crippen LogP contribution in [0.1, 0.15) is 69.4 Å². The zero-order chi connectivity index (χ0) is 19.4. The van der Waals surface area contributed by atoms with Gasteiger partial charge in [-0.25, -0.2) is 4.79 Å². The van der Waals surface area contributed by atoms with Crippen LogP contribution < -0.4 is 5.32 Å². The topological polar surface area (TPSA) is 61.6 Å². The molecular weight excluding hydrogens is 340 g/mol. The number of carbonyl (C=O) groups is 1. The van der Waals surface area contributed by atoms with Crippen LogP contribution in [0.5, 0.6) is 0 Å². The van der Waals surface area contributed by atoms with Crippen LogP contribution in [0.3, 0.4) is 0 Å². The number of aryl methyl sites for hydroxylation is 2. The van der Waals surface area contributed by atoms with Gasteiger partial charge in [0.05, 0.1) is 5.69 Å².